The molecular weight excluding hydrogens is 404 g/mol. The van der Waals surface area contributed by atoms with Crippen LogP contribution in [0.1, 0.15) is 16.7 Å². The molecule has 6 heteroatoms. The van der Waals surface area contributed by atoms with E-state index in [2.05, 4.69) is 5.32 Å². The fraction of sp³-hybridized carbons (Fsp3) is 0.154. The number of carbonyl (C=O) groups is 2. The molecule has 0 fully saturated rings. The number of benzene rings is 3. The van der Waals surface area contributed by atoms with E-state index in [0.29, 0.717) is 28.3 Å². The minimum Gasteiger partial charge on any atom is -0.497 e. The molecule has 2 amide bonds. The molecule has 3 aromatic carbocycles. The lowest BCUT2D eigenvalue weighted by Crippen LogP contribution is -2.32. The highest BCUT2D eigenvalue weighted by molar-refractivity contribution is 6.46. The Morgan fingerprint density at radius 2 is 1.34 bits per heavy atom. The van der Waals surface area contributed by atoms with E-state index in [4.69, 9.17) is 9.47 Å². The summed E-state index contributed by atoms with van der Waals surface area (Å²) in [5.41, 5.74) is 4.54. The van der Waals surface area contributed by atoms with Crippen molar-refractivity contribution in [3.8, 4) is 11.5 Å². The number of hydrogen-bond acceptors (Lipinski definition) is 5. The summed E-state index contributed by atoms with van der Waals surface area (Å²) >= 11 is 0. The van der Waals surface area contributed by atoms with E-state index >= 15 is 0 Å². The number of hydrogen-bond donors (Lipinski definition) is 1. The first-order chi connectivity index (χ1) is 15.4. The molecule has 6 nitrogen and oxygen atoms in total. The number of rotatable bonds is 6. The van der Waals surface area contributed by atoms with E-state index in [1.165, 1.54) is 4.90 Å². The zero-order chi connectivity index (χ0) is 22.8. The molecule has 0 radical (unpaired) electrons. The number of nitrogens with one attached hydrogen (secondary N) is 1. The van der Waals surface area contributed by atoms with Crippen LogP contribution in [-0.4, -0.2) is 26.0 Å². The second kappa shape index (κ2) is 8.59. The van der Waals surface area contributed by atoms with Gasteiger partial charge >= 0.3 is 0 Å². The molecule has 0 bridgehead atoms. The van der Waals surface area contributed by atoms with Gasteiger partial charge in [0.1, 0.15) is 17.2 Å². The minimum absolute atomic E-state index is 0.240. The number of aryl methyl sites for hydroxylation is 1. The third kappa shape index (κ3) is 3.71. The largest absolute Gasteiger partial charge is 0.497 e. The van der Waals surface area contributed by atoms with E-state index in [0.717, 1.165) is 16.8 Å². The third-order valence-corrected chi connectivity index (χ3v) is 5.66. The lowest BCUT2D eigenvalue weighted by molar-refractivity contribution is -0.120. The van der Waals surface area contributed by atoms with Gasteiger partial charge in [-0.15, -0.1) is 0 Å². The molecule has 1 heterocycles. The van der Waals surface area contributed by atoms with E-state index < -0.39 is 11.8 Å². The molecule has 0 unspecified atom stereocenters. The van der Waals surface area contributed by atoms with Gasteiger partial charge in [0.2, 0.25) is 0 Å². The molecular formula is C26H24N2O4. The van der Waals surface area contributed by atoms with Crippen LogP contribution in [0.4, 0.5) is 11.4 Å². The summed E-state index contributed by atoms with van der Waals surface area (Å²) in [6.07, 6.45) is 0. The molecule has 1 N–H and O–H groups in total. The Balaban J connectivity index is 1.82. The summed E-state index contributed by atoms with van der Waals surface area (Å²) in [5, 5.41) is 3.24. The van der Waals surface area contributed by atoms with E-state index in [1.807, 2.05) is 32.0 Å². The minimum atomic E-state index is -0.410. The van der Waals surface area contributed by atoms with Crippen molar-refractivity contribution in [1.82, 2.24) is 0 Å². The van der Waals surface area contributed by atoms with E-state index in [1.54, 1.807) is 62.8 Å². The molecule has 162 valence electrons. The number of carbonyl (C=O) groups excluding carboxylic acids is 2. The van der Waals surface area contributed by atoms with Gasteiger partial charge in [0.05, 0.1) is 25.5 Å². The smallest absolute Gasteiger partial charge is 0.282 e. The van der Waals surface area contributed by atoms with Gasteiger partial charge in [-0.2, -0.15) is 0 Å². The number of nitrogens with zero attached hydrogens (tertiary/aromatic N) is 1. The van der Waals surface area contributed by atoms with Crippen molar-refractivity contribution in [2.45, 2.75) is 13.8 Å². The van der Waals surface area contributed by atoms with Gasteiger partial charge in [-0.05, 0) is 73.0 Å². The molecule has 0 saturated heterocycles. The Labute approximate surface area is 187 Å². The maximum absolute atomic E-state index is 13.5. The zero-order valence-electron chi connectivity index (χ0n) is 18.4. The normalized spacial score (nSPS) is 13.6. The van der Waals surface area contributed by atoms with Gasteiger partial charge in [0.25, 0.3) is 11.8 Å². The first kappa shape index (κ1) is 21.2. The lowest BCUT2D eigenvalue weighted by Gasteiger charge is -2.16. The molecule has 32 heavy (non-hydrogen) atoms. The fourth-order valence-electron chi connectivity index (χ4n) is 3.66. The van der Waals surface area contributed by atoms with Gasteiger partial charge < -0.3 is 14.8 Å². The Morgan fingerprint density at radius 3 is 1.94 bits per heavy atom. The molecule has 3 aromatic rings. The lowest BCUT2D eigenvalue weighted by atomic mass is 10.0. The van der Waals surface area contributed by atoms with Crippen molar-refractivity contribution in [1.29, 1.82) is 0 Å². The molecule has 0 aromatic heterocycles. The average molecular weight is 428 g/mol. The third-order valence-electron chi connectivity index (χ3n) is 5.66. The first-order valence-corrected chi connectivity index (χ1v) is 10.2. The quantitative estimate of drug-likeness (QED) is 0.576. The highest BCUT2D eigenvalue weighted by Crippen LogP contribution is 2.35. The number of amides is 2. The zero-order valence-corrected chi connectivity index (χ0v) is 18.4. The van der Waals surface area contributed by atoms with Crippen LogP contribution in [0.2, 0.25) is 0 Å². The molecule has 0 spiro atoms. The molecule has 0 atom stereocenters. The summed E-state index contributed by atoms with van der Waals surface area (Å²) in [6.45, 7) is 3.98. The van der Waals surface area contributed by atoms with Crippen molar-refractivity contribution in [3.05, 3.63) is 89.1 Å². The monoisotopic (exact) mass is 428 g/mol. The number of methoxy groups -OCH3 is 2. The first-order valence-electron chi connectivity index (χ1n) is 10.2. The molecule has 1 aliphatic heterocycles. The van der Waals surface area contributed by atoms with Crippen molar-refractivity contribution in [2.24, 2.45) is 0 Å². The summed E-state index contributed by atoms with van der Waals surface area (Å²) < 4.78 is 10.4. The van der Waals surface area contributed by atoms with Crippen LogP contribution in [0.3, 0.4) is 0 Å². The van der Waals surface area contributed by atoms with Crippen LogP contribution < -0.4 is 19.7 Å². The van der Waals surface area contributed by atoms with Gasteiger partial charge in [-0.1, -0.05) is 24.3 Å². The van der Waals surface area contributed by atoms with E-state index in [-0.39, 0.29) is 5.70 Å². The van der Waals surface area contributed by atoms with Crippen molar-refractivity contribution < 1.29 is 19.1 Å². The molecule has 1 aliphatic rings. The van der Waals surface area contributed by atoms with Crippen molar-refractivity contribution in [3.63, 3.8) is 0 Å². The van der Waals surface area contributed by atoms with Crippen LogP contribution in [0, 0.1) is 13.8 Å². The van der Waals surface area contributed by atoms with Crippen LogP contribution >= 0.6 is 0 Å². The van der Waals surface area contributed by atoms with Gasteiger partial charge in [-0.3, -0.25) is 9.59 Å². The standard InChI is InChI=1S/C26H24N2O4/c1-16-6-5-7-22(17(16)2)27-24-23(18-8-12-20(31-3)13-9-18)25(29)28(26(24)30)19-10-14-21(32-4)15-11-19/h5-15,27H,1-4H3. The van der Waals surface area contributed by atoms with Gasteiger partial charge in [-0.25, -0.2) is 4.90 Å². The molecule has 4 rings (SSSR count). The summed E-state index contributed by atoms with van der Waals surface area (Å²) in [6, 6.07) is 19.8. The number of imide groups is 1. The Kier molecular flexibility index (Phi) is 5.69. The second-order valence-corrected chi connectivity index (χ2v) is 7.49. The van der Waals surface area contributed by atoms with Crippen LogP contribution in [0.5, 0.6) is 11.5 Å². The van der Waals surface area contributed by atoms with Crippen LogP contribution in [0.15, 0.2) is 72.4 Å². The summed E-state index contributed by atoms with van der Waals surface area (Å²) in [5.74, 6) is 0.511. The Bertz CT molecular complexity index is 1210. The molecule has 0 saturated carbocycles. The highest BCUT2D eigenvalue weighted by Gasteiger charge is 2.40. The predicted octanol–water partition coefficient (Wildman–Crippen LogP) is 4.72. The van der Waals surface area contributed by atoms with Gasteiger partial charge in [0.15, 0.2) is 0 Å². The van der Waals surface area contributed by atoms with Crippen molar-refractivity contribution >= 4 is 28.8 Å². The summed E-state index contributed by atoms with van der Waals surface area (Å²) in [4.78, 5) is 28.2. The van der Waals surface area contributed by atoms with Crippen molar-refractivity contribution in [2.75, 3.05) is 24.4 Å². The number of ether oxygens (including phenoxy) is 2. The second-order valence-electron chi connectivity index (χ2n) is 7.49. The molecule has 0 aliphatic carbocycles. The predicted molar refractivity (Wildman–Crippen MR) is 125 cm³/mol. The maximum atomic E-state index is 13.5. The maximum Gasteiger partial charge on any atom is 0.282 e. The van der Waals surface area contributed by atoms with Crippen LogP contribution in [-0.2, 0) is 9.59 Å². The Morgan fingerprint density at radius 1 is 0.750 bits per heavy atom. The number of anilines is 2. The topological polar surface area (TPSA) is 67.9 Å². The average Bonchev–Trinajstić information content (AvgIpc) is 3.06. The summed E-state index contributed by atoms with van der Waals surface area (Å²) in [7, 11) is 3.15. The Hall–Kier alpha value is -4.06. The SMILES string of the molecule is COc1ccc(C2=C(Nc3cccc(C)c3C)C(=O)N(c3ccc(OC)cc3)C2=O)cc1. The fourth-order valence-corrected chi connectivity index (χ4v) is 3.66. The highest BCUT2D eigenvalue weighted by atomic mass is 16.5. The van der Waals surface area contributed by atoms with Crippen LogP contribution in [0.25, 0.3) is 5.57 Å². The van der Waals surface area contributed by atoms with Gasteiger partial charge in [0, 0.05) is 5.69 Å². The van der Waals surface area contributed by atoms with E-state index in [9.17, 15) is 9.59 Å².